The number of nitrogens with zero attached hydrogens (tertiary/aromatic N) is 1. The third-order valence-electron chi connectivity index (χ3n) is 1.94. The molecule has 0 N–H and O–H groups in total. The van der Waals surface area contributed by atoms with Gasteiger partial charge >= 0.3 is 0 Å². The molecular formula is C10H16NP. The summed E-state index contributed by atoms with van der Waals surface area (Å²) in [6, 6.07) is 6.10. The highest BCUT2D eigenvalue weighted by Gasteiger charge is 2.04. The van der Waals surface area contributed by atoms with E-state index in [9.17, 15) is 0 Å². The topological polar surface area (TPSA) is 12.9 Å². The van der Waals surface area contributed by atoms with Gasteiger partial charge in [0.1, 0.15) is 0 Å². The molecule has 12 heavy (non-hydrogen) atoms. The quantitative estimate of drug-likeness (QED) is 0.650. The average Bonchev–Trinajstić information content (AvgIpc) is 2.15. The molecule has 0 aliphatic rings. The van der Waals surface area contributed by atoms with Crippen LogP contribution in [0.1, 0.15) is 37.5 Å². The molecule has 0 amide bonds. The third-order valence-corrected chi connectivity index (χ3v) is 2.61. The predicted molar refractivity (Wildman–Crippen MR) is 56.2 cm³/mol. The Bertz CT molecular complexity index is 210. The highest BCUT2D eigenvalue weighted by molar-refractivity contribution is 7.17. The maximum Gasteiger partial charge on any atom is 0.0472 e. The monoisotopic (exact) mass is 181 g/mol. The summed E-state index contributed by atoms with van der Waals surface area (Å²) in [6.07, 6.45) is 5.62. The van der Waals surface area contributed by atoms with Crippen molar-refractivity contribution in [2.75, 3.05) is 0 Å². The maximum absolute atomic E-state index is 4.31. The molecule has 2 unspecified atom stereocenters. The minimum absolute atomic E-state index is 0.533. The van der Waals surface area contributed by atoms with Crippen molar-refractivity contribution in [2.24, 2.45) is 0 Å². The summed E-state index contributed by atoms with van der Waals surface area (Å²) in [6.45, 7) is 2.22. The van der Waals surface area contributed by atoms with Gasteiger partial charge in [-0.2, -0.15) is 0 Å². The van der Waals surface area contributed by atoms with Crippen molar-refractivity contribution in [1.29, 1.82) is 0 Å². The average molecular weight is 181 g/mol. The van der Waals surface area contributed by atoms with Crippen LogP contribution in [-0.4, -0.2) is 4.98 Å². The van der Waals surface area contributed by atoms with Gasteiger partial charge in [-0.25, -0.2) is 0 Å². The molecule has 0 aromatic carbocycles. The molecule has 1 heterocycles. The van der Waals surface area contributed by atoms with Gasteiger partial charge < -0.3 is 0 Å². The van der Waals surface area contributed by atoms with Crippen LogP contribution in [0, 0.1) is 0 Å². The van der Waals surface area contributed by atoms with E-state index in [4.69, 9.17) is 0 Å². The lowest BCUT2D eigenvalue weighted by molar-refractivity contribution is 0.696. The molecule has 0 saturated carbocycles. The lowest BCUT2D eigenvalue weighted by Crippen LogP contribution is -1.92. The van der Waals surface area contributed by atoms with Crippen LogP contribution in [0.3, 0.4) is 0 Å². The zero-order valence-corrected chi connectivity index (χ0v) is 8.69. The first kappa shape index (κ1) is 9.67. The fourth-order valence-electron chi connectivity index (χ4n) is 1.17. The Labute approximate surface area is 76.8 Å². The van der Waals surface area contributed by atoms with Gasteiger partial charge in [-0.15, -0.1) is 9.24 Å². The number of pyridine rings is 1. The maximum atomic E-state index is 4.31. The van der Waals surface area contributed by atoms with Crippen molar-refractivity contribution in [3.8, 4) is 0 Å². The Morgan fingerprint density at radius 1 is 1.50 bits per heavy atom. The molecule has 0 spiro atoms. The van der Waals surface area contributed by atoms with Gasteiger partial charge in [-0.05, 0) is 18.6 Å². The summed E-state index contributed by atoms with van der Waals surface area (Å²) in [5, 5.41) is 0. The molecule has 0 bridgehead atoms. The van der Waals surface area contributed by atoms with Gasteiger partial charge in [0.15, 0.2) is 0 Å². The number of rotatable bonds is 4. The second-order valence-electron chi connectivity index (χ2n) is 3.00. The minimum Gasteiger partial charge on any atom is -0.261 e. The minimum atomic E-state index is 0.533. The highest BCUT2D eigenvalue weighted by atomic mass is 31.0. The molecule has 1 nitrogen and oxygen atoms in total. The van der Waals surface area contributed by atoms with Gasteiger partial charge in [-0.3, -0.25) is 4.98 Å². The van der Waals surface area contributed by atoms with Crippen molar-refractivity contribution >= 4 is 9.24 Å². The van der Waals surface area contributed by atoms with Crippen LogP contribution in [-0.2, 0) is 0 Å². The van der Waals surface area contributed by atoms with Crippen LogP contribution < -0.4 is 0 Å². The fourth-order valence-corrected chi connectivity index (χ4v) is 1.60. The molecule has 1 aromatic rings. The summed E-state index contributed by atoms with van der Waals surface area (Å²) in [4.78, 5) is 4.31. The SMILES string of the molecule is CCCCC(P)c1ccccn1. The lowest BCUT2D eigenvalue weighted by Gasteiger charge is -2.08. The standard InChI is InChI=1S/C10H16NP/c1-2-3-7-10(12)9-6-4-5-8-11-9/h4-6,8,10H,2-3,7,12H2,1H3. The molecule has 1 rings (SSSR count). The molecule has 2 atom stereocenters. The highest BCUT2D eigenvalue weighted by Crippen LogP contribution is 2.26. The molecule has 0 aliphatic carbocycles. The molecule has 66 valence electrons. The Hall–Kier alpha value is -0.420. The molecule has 0 fully saturated rings. The van der Waals surface area contributed by atoms with Crippen molar-refractivity contribution in [3.63, 3.8) is 0 Å². The second kappa shape index (κ2) is 5.27. The fraction of sp³-hybridized carbons (Fsp3) is 0.500. The first-order chi connectivity index (χ1) is 5.84. The van der Waals surface area contributed by atoms with E-state index in [0.717, 1.165) is 0 Å². The van der Waals surface area contributed by atoms with Crippen LogP contribution in [0.4, 0.5) is 0 Å². The van der Waals surface area contributed by atoms with Crippen LogP contribution in [0.15, 0.2) is 24.4 Å². The van der Waals surface area contributed by atoms with Crippen molar-refractivity contribution in [2.45, 2.75) is 31.8 Å². The van der Waals surface area contributed by atoms with E-state index in [2.05, 4.69) is 27.2 Å². The van der Waals surface area contributed by atoms with E-state index in [0.29, 0.717) is 5.66 Å². The van der Waals surface area contributed by atoms with Gasteiger partial charge in [0.25, 0.3) is 0 Å². The summed E-state index contributed by atoms with van der Waals surface area (Å²) >= 11 is 0. The first-order valence-electron chi connectivity index (χ1n) is 4.51. The smallest absolute Gasteiger partial charge is 0.0472 e. The van der Waals surface area contributed by atoms with E-state index in [1.54, 1.807) is 0 Å². The number of unbranched alkanes of at least 4 members (excludes halogenated alkanes) is 1. The number of hydrogen-bond donors (Lipinski definition) is 0. The Morgan fingerprint density at radius 3 is 2.92 bits per heavy atom. The van der Waals surface area contributed by atoms with E-state index in [-0.39, 0.29) is 0 Å². The van der Waals surface area contributed by atoms with E-state index >= 15 is 0 Å². The van der Waals surface area contributed by atoms with Gasteiger partial charge in [0, 0.05) is 17.5 Å². The number of hydrogen-bond acceptors (Lipinski definition) is 1. The molecular weight excluding hydrogens is 165 g/mol. The summed E-state index contributed by atoms with van der Waals surface area (Å²) in [7, 11) is 2.86. The molecule has 0 saturated heterocycles. The Balaban J connectivity index is 2.48. The van der Waals surface area contributed by atoms with E-state index < -0.39 is 0 Å². The lowest BCUT2D eigenvalue weighted by atomic mass is 10.1. The third kappa shape index (κ3) is 2.91. The normalized spacial score (nSPS) is 12.8. The molecule has 2 heteroatoms. The predicted octanol–water partition coefficient (Wildman–Crippen LogP) is 3.19. The Kier molecular flexibility index (Phi) is 4.24. The molecule has 1 aromatic heterocycles. The van der Waals surface area contributed by atoms with Crippen LogP contribution in [0.25, 0.3) is 0 Å². The van der Waals surface area contributed by atoms with Gasteiger partial charge in [-0.1, -0.05) is 25.8 Å². The summed E-state index contributed by atoms with van der Waals surface area (Å²) in [5.74, 6) is 0. The van der Waals surface area contributed by atoms with Crippen LogP contribution in [0.5, 0.6) is 0 Å². The summed E-state index contributed by atoms with van der Waals surface area (Å²) < 4.78 is 0. The van der Waals surface area contributed by atoms with E-state index in [1.165, 1.54) is 25.0 Å². The van der Waals surface area contributed by atoms with Crippen molar-refractivity contribution in [1.82, 2.24) is 4.98 Å². The molecule has 0 aliphatic heterocycles. The first-order valence-corrected chi connectivity index (χ1v) is 5.17. The Morgan fingerprint density at radius 2 is 2.33 bits per heavy atom. The number of aromatic nitrogens is 1. The zero-order chi connectivity index (χ0) is 8.81. The van der Waals surface area contributed by atoms with Gasteiger partial charge in [0.2, 0.25) is 0 Å². The largest absolute Gasteiger partial charge is 0.261 e. The van der Waals surface area contributed by atoms with E-state index in [1.807, 2.05) is 18.3 Å². The van der Waals surface area contributed by atoms with Crippen LogP contribution in [0.2, 0.25) is 0 Å². The summed E-state index contributed by atoms with van der Waals surface area (Å²) in [5.41, 5.74) is 1.72. The van der Waals surface area contributed by atoms with Crippen molar-refractivity contribution in [3.05, 3.63) is 30.1 Å². The van der Waals surface area contributed by atoms with Crippen molar-refractivity contribution < 1.29 is 0 Å². The zero-order valence-electron chi connectivity index (χ0n) is 7.53. The second-order valence-corrected chi connectivity index (χ2v) is 3.81. The van der Waals surface area contributed by atoms with Gasteiger partial charge in [0.05, 0.1) is 0 Å². The molecule has 0 radical (unpaired) electrons. The van der Waals surface area contributed by atoms with Crippen LogP contribution >= 0.6 is 9.24 Å².